The van der Waals surface area contributed by atoms with Crippen molar-refractivity contribution in [1.29, 1.82) is 0 Å². The standard InChI is InChI=1S/C53H86O24/c1-20-29(58)32(61)34(63)44(71-20)76-39-30(59)23(56)18-70-46(39)74-37-36(65)38(43(68)69)75-47(40(37)77-45-35(64)33(62)31(60)24(17-54)72-45)73-28-12-13-50(6)25(49(28,4)5)11-14-51(7)26(50)10-9-21-22-15-48(2,3)41(66)42(67)53(22,19-55)27(57)16-52(21,51)8/h9,20,22-42,44-47,54-67H,10-19H2,1-8H3,(H,68,69)/t20-,22-,23-,24?,25-,26+,27+,28-,29-,30-,31?,32+,33?,34+,35?,36-,37-,38-,39+,40+,41-,42-,44-,45?,46-,47+,50-,51+,52+,53-/m0/s1. The van der Waals surface area contributed by atoms with Crippen LogP contribution in [-0.4, -0.2) is 244 Å². The Morgan fingerprint density at radius 3 is 1.90 bits per heavy atom. The van der Waals surface area contributed by atoms with Gasteiger partial charge in [0.25, 0.3) is 0 Å². The van der Waals surface area contributed by atoms with Crippen LogP contribution in [-0.2, 0) is 42.7 Å². The molecule has 9 aliphatic rings. The minimum absolute atomic E-state index is 0.0531. The molecule has 0 aromatic heterocycles. The minimum atomic E-state index is -2.19. The Morgan fingerprint density at radius 1 is 0.636 bits per heavy atom. The van der Waals surface area contributed by atoms with Gasteiger partial charge in [-0.3, -0.25) is 0 Å². The molecule has 0 spiro atoms. The Labute approximate surface area is 447 Å². The number of carboxylic acid groups (broad SMARTS) is 1. The second kappa shape index (κ2) is 21.2. The van der Waals surface area contributed by atoms with E-state index >= 15 is 0 Å². The lowest BCUT2D eigenvalue weighted by atomic mass is 9.33. The zero-order valence-electron chi connectivity index (χ0n) is 45.0. The van der Waals surface area contributed by atoms with Crippen molar-refractivity contribution in [3.8, 4) is 0 Å². The number of aliphatic hydroxyl groups excluding tert-OH is 14. The van der Waals surface area contributed by atoms with Gasteiger partial charge < -0.3 is 114 Å². The van der Waals surface area contributed by atoms with E-state index in [1.54, 1.807) is 0 Å². The van der Waals surface area contributed by atoms with Crippen molar-refractivity contribution >= 4 is 5.97 Å². The average molecular weight is 1110 g/mol. The number of ether oxygens (including phenoxy) is 8. The van der Waals surface area contributed by atoms with E-state index in [-0.39, 0.29) is 29.1 Å². The van der Waals surface area contributed by atoms with Gasteiger partial charge in [-0.15, -0.1) is 0 Å². The van der Waals surface area contributed by atoms with Crippen LogP contribution in [0.2, 0.25) is 0 Å². The molecule has 4 saturated heterocycles. The molecule has 0 bridgehead atoms. The highest BCUT2D eigenvalue weighted by Gasteiger charge is 2.73. The van der Waals surface area contributed by atoms with Crippen molar-refractivity contribution in [2.24, 2.45) is 50.2 Å². The normalized spacial score (nSPS) is 55.4. The van der Waals surface area contributed by atoms with Gasteiger partial charge >= 0.3 is 5.97 Å². The summed E-state index contributed by atoms with van der Waals surface area (Å²) in [7, 11) is 0. The SMILES string of the molecule is C[C@@H]1O[C@@H](O[C@H]2[C@H](O[C@H]3[C@H](O)[C@@H](C(=O)O)O[C@@H](O[C@H]4CC[C@]5(C)[C@H]6CC=C7[C@@H]8CC(C)(C)[C@@H](O)[C@H](O)[C@]8(CO)[C@H](O)C[C@@]7(C)[C@]6(C)CC[C@H]5C4(C)C)[C@@H]3OC3OC(CO)C(O)C(O)C3O)OC[C@H](O)[C@@H]2O)[C@H](O)[C@H](O)[C@H]1O. The highest BCUT2D eigenvalue weighted by molar-refractivity contribution is 5.73. The molecule has 8 fully saturated rings. The number of aliphatic hydroxyl groups is 14. The quantitative estimate of drug-likeness (QED) is 0.0729. The zero-order valence-corrected chi connectivity index (χ0v) is 45.0. The largest absolute Gasteiger partial charge is 0.479 e. The van der Waals surface area contributed by atoms with E-state index in [9.17, 15) is 81.4 Å². The topological polar surface area (TPSA) is 394 Å². The summed E-state index contributed by atoms with van der Waals surface area (Å²) in [4.78, 5) is 13.1. The van der Waals surface area contributed by atoms with Crippen LogP contribution in [0, 0.1) is 50.2 Å². The Bertz CT molecular complexity index is 2150. The van der Waals surface area contributed by atoms with Gasteiger partial charge in [0.05, 0.1) is 55.8 Å². The number of carbonyl (C=O) groups is 1. The number of hydrogen-bond donors (Lipinski definition) is 15. The van der Waals surface area contributed by atoms with Crippen molar-refractivity contribution in [2.45, 2.75) is 241 Å². The van der Waals surface area contributed by atoms with E-state index in [4.69, 9.17) is 37.9 Å². The highest BCUT2D eigenvalue weighted by Crippen LogP contribution is 2.76. The van der Waals surface area contributed by atoms with Gasteiger partial charge in [-0.25, -0.2) is 4.79 Å². The predicted molar refractivity (Wildman–Crippen MR) is 260 cm³/mol. The molecule has 0 aromatic rings. The number of aliphatic carboxylic acids is 1. The van der Waals surface area contributed by atoms with Gasteiger partial charge in [-0.2, -0.15) is 0 Å². The average Bonchev–Trinajstić information content (AvgIpc) is 3.51. The molecular weight excluding hydrogens is 1020 g/mol. The molecule has 5 unspecified atom stereocenters. The first-order valence-corrected chi connectivity index (χ1v) is 27.4. The van der Waals surface area contributed by atoms with E-state index in [0.29, 0.717) is 38.5 Å². The number of carboxylic acids is 1. The van der Waals surface area contributed by atoms with Gasteiger partial charge in [0.1, 0.15) is 79.4 Å². The van der Waals surface area contributed by atoms with Gasteiger partial charge in [-0.1, -0.05) is 60.1 Å². The van der Waals surface area contributed by atoms with E-state index < -0.39 is 195 Å². The Balaban J connectivity index is 1.03. The molecule has 4 heterocycles. The molecule has 5 aliphatic carbocycles. The van der Waals surface area contributed by atoms with Crippen molar-refractivity contribution in [1.82, 2.24) is 0 Å². The molecular formula is C53H86O24. The van der Waals surface area contributed by atoms with Gasteiger partial charge in [0, 0.05) is 0 Å². The first-order chi connectivity index (χ1) is 35.9. The molecule has 0 aromatic carbocycles. The number of allylic oxidation sites excluding steroid dienone is 2. The summed E-state index contributed by atoms with van der Waals surface area (Å²) in [6.07, 6.45) is -32.9. The molecule has 24 heteroatoms. The maximum Gasteiger partial charge on any atom is 0.335 e. The van der Waals surface area contributed by atoms with Crippen LogP contribution in [0.25, 0.3) is 0 Å². The molecule has 15 N–H and O–H groups in total. The van der Waals surface area contributed by atoms with Crippen LogP contribution in [0.3, 0.4) is 0 Å². The summed E-state index contributed by atoms with van der Waals surface area (Å²) in [6.45, 7) is 14.1. The fourth-order valence-corrected chi connectivity index (χ4v) is 16.5. The summed E-state index contributed by atoms with van der Waals surface area (Å²) < 4.78 is 48.8. The van der Waals surface area contributed by atoms with Crippen molar-refractivity contribution in [2.75, 3.05) is 19.8 Å². The summed E-state index contributed by atoms with van der Waals surface area (Å²) in [5, 5.41) is 166. The maximum atomic E-state index is 13.1. The first-order valence-electron chi connectivity index (χ1n) is 27.4. The van der Waals surface area contributed by atoms with Crippen LogP contribution < -0.4 is 0 Å². The van der Waals surface area contributed by atoms with E-state index in [2.05, 4.69) is 26.8 Å². The van der Waals surface area contributed by atoms with Crippen molar-refractivity contribution in [3.05, 3.63) is 11.6 Å². The second-order valence-corrected chi connectivity index (χ2v) is 26.1. The Morgan fingerprint density at radius 2 is 1.26 bits per heavy atom. The summed E-state index contributed by atoms with van der Waals surface area (Å²) in [5.41, 5.74) is -3.04. The molecule has 24 nitrogen and oxygen atoms in total. The third-order valence-corrected chi connectivity index (χ3v) is 21.4. The lowest BCUT2D eigenvalue weighted by molar-refractivity contribution is -0.400. The Kier molecular flexibility index (Phi) is 16.5. The molecule has 30 atom stereocenters. The third-order valence-electron chi connectivity index (χ3n) is 21.4. The van der Waals surface area contributed by atoms with Crippen LogP contribution in [0.4, 0.5) is 0 Å². The smallest absolute Gasteiger partial charge is 0.335 e. The summed E-state index contributed by atoms with van der Waals surface area (Å²) in [5.74, 6) is -2.09. The monoisotopic (exact) mass is 1110 g/mol. The van der Waals surface area contributed by atoms with Gasteiger partial charge in [-0.05, 0) is 96.7 Å². The molecule has 4 saturated carbocycles. The fourth-order valence-electron chi connectivity index (χ4n) is 16.5. The van der Waals surface area contributed by atoms with E-state index in [1.807, 2.05) is 27.7 Å². The van der Waals surface area contributed by atoms with Crippen LogP contribution in [0.15, 0.2) is 11.6 Å². The summed E-state index contributed by atoms with van der Waals surface area (Å²) >= 11 is 0. The summed E-state index contributed by atoms with van der Waals surface area (Å²) in [6, 6.07) is 0. The van der Waals surface area contributed by atoms with Crippen LogP contribution in [0.1, 0.15) is 100 Å². The fraction of sp³-hybridized carbons (Fsp3) is 0.943. The minimum Gasteiger partial charge on any atom is -0.479 e. The van der Waals surface area contributed by atoms with Gasteiger partial charge in [0.15, 0.2) is 31.3 Å². The molecule has 0 radical (unpaired) electrons. The van der Waals surface area contributed by atoms with Crippen molar-refractivity contribution in [3.63, 3.8) is 0 Å². The lowest BCUT2D eigenvalue weighted by Gasteiger charge is -2.72. The van der Waals surface area contributed by atoms with Gasteiger partial charge in [0.2, 0.25) is 0 Å². The van der Waals surface area contributed by atoms with Crippen LogP contribution in [0.5, 0.6) is 0 Å². The van der Waals surface area contributed by atoms with Crippen molar-refractivity contribution < 1.29 is 119 Å². The number of hydrogen-bond acceptors (Lipinski definition) is 23. The predicted octanol–water partition coefficient (Wildman–Crippen LogP) is -2.89. The first kappa shape index (κ1) is 59.9. The third kappa shape index (κ3) is 9.31. The number of rotatable bonds is 11. The number of fused-ring (bicyclic) bond motifs is 7. The molecule has 9 rings (SSSR count). The maximum absolute atomic E-state index is 13.1. The molecule has 77 heavy (non-hydrogen) atoms. The molecule has 442 valence electrons. The Hall–Kier alpha value is -1.67. The van der Waals surface area contributed by atoms with E-state index in [1.165, 1.54) is 6.92 Å². The molecule has 4 aliphatic heterocycles. The second-order valence-electron chi connectivity index (χ2n) is 26.1. The van der Waals surface area contributed by atoms with Crippen LogP contribution >= 0.6 is 0 Å². The highest BCUT2D eigenvalue weighted by atomic mass is 16.8. The van der Waals surface area contributed by atoms with E-state index in [0.717, 1.165) is 5.57 Å². The zero-order chi connectivity index (χ0) is 56.6. The molecule has 0 amide bonds. The lowest BCUT2D eigenvalue weighted by Crippen LogP contribution is -2.71.